The van der Waals surface area contributed by atoms with Gasteiger partial charge in [-0.25, -0.2) is 0 Å². The van der Waals surface area contributed by atoms with E-state index in [0.29, 0.717) is 0 Å². The molecule has 25 heavy (non-hydrogen) atoms. The molecule has 0 saturated carbocycles. The quantitative estimate of drug-likeness (QED) is 0.827. The molecular formula is C18H31Cl2N3O2. The molecule has 1 fully saturated rings. The van der Waals surface area contributed by atoms with Crippen LogP contribution >= 0.6 is 24.8 Å². The van der Waals surface area contributed by atoms with Gasteiger partial charge in [0.25, 0.3) is 0 Å². The van der Waals surface area contributed by atoms with E-state index >= 15 is 0 Å². The minimum absolute atomic E-state index is 0. The monoisotopic (exact) mass is 391 g/mol. The smallest absolute Gasteiger partial charge is 0.237 e. The first-order valence-corrected chi connectivity index (χ1v) is 8.27. The first-order chi connectivity index (χ1) is 10.8. The second kappa shape index (κ2) is 10.1. The molecule has 1 heterocycles. The SMILES string of the molecule is COc1ccccc1N1CCC(NC(=O)[C@@H](N)C(C)(C)C)CC1.Cl.Cl. The number of nitrogens with one attached hydrogen (secondary N) is 1. The van der Waals surface area contributed by atoms with E-state index in [-0.39, 0.29) is 42.2 Å². The predicted octanol–water partition coefficient (Wildman–Crippen LogP) is 3.00. The summed E-state index contributed by atoms with van der Waals surface area (Å²) in [5, 5.41) is 3.10. The minimum Gasteiger partial charge on any atom is -0.495 e. The summed E-state index contributed by atoms with van der Waals surface area (Å²) in [7, 11) is 1.69. The van der Waals surface area contributed by atoms with E-state index in [2.05, 4.69) is 16.3 Å². The lowest BCUT2D eigenvalue weighted by molar-refractivity contribution is -0.125. The normalized spacial score (nSPS) is 16.3. The number of nitrogens with zero attached hydrogens (tertiary/aromatic N) is 1. The number of carbonyl (C=O) groups is 1. The number of ether oxygens (including phenoxy) is 1. The van der Waals surface area contributed by atoms with Crippen LogP contribution in [0.2, 0.25) is 0 Å². The molecule has 0 aliphatic carbocycles. The number of halogens is 2. The van der Waals surface area contributed by atoms with Crippen molar-refractivity contribution in [1.29, 1.82) is 0 Å². The second-order valence-corrected chi connectivity index (χ2v) is 7.29. The molecule has 7 heteroatoms. The molecule has 1 saturated heterocycles. The van der Waals surface area contributed by atoms with E-state index in [4.69, 9.17) is 10.5 Å². The molecule has 2 rings (SSSR count). The van der Waals surface area contributed by atoms with Gasteiger partial charge in [0.15, 0.2) is 0 Å². The molecule has 1 aliphatic rings. The zero-order chi connectivity index (χ0) is 17.0. The standard InChI is InChI=1S/C18H29N3O2.2ClH/c1-18(2,3)16(19)17(22)20-13-9-11-21(12-10-13)14-7-5-6-8-15(14)23-4;;/h5-8,13,16H,9-12,19H2,1-4H3,(H,20,22);2*1H/t16-;;/m1../s1. The Morgan fingerprint density at radius 1 is 1.24 bits per heavy atom. The highest BCUT2D eigenvalue weighted by Gasteiger charge is 2.30. The average Bonchev–Trinajstić information content (AvgIpc) is 2.54. The van der Waals surface area contributed by atoms with Crippen molar-refractivity contribution in [3.05, 3.63) is 24.3 Å². The van der Waals surface area contributed by atoms with Gasteiger partial charge in [-0.15, -0.1) is 24.8 Å². The number of benzene rings is 1. The minimum atomic E-state index is -0.477. The summed E-state index contributed by atoms with van der Waals surface area (Å²) in [6.07, 6.45) is 1.83. The third-order valence-corrected chi connectivity index (χ3v) is 4.48. The van der Waals surface area contributed by atoms with E-state index in [1.54, 1.807) is 7.11 Å². The molecule has 5 nitrogen and oxygen atoms in total. The van der Waals surface area contributed by atoms with Gasteiger partial charge < -0.3 is 20.7 Å². The largest absolute Gasteiger partial charge is 0.495 e. The number of piperidine rings is 1. The van der Waals surface area contributed by atoms with Gasteiger partial charge >= 0.3 is 0 Å². The molecule has 0 aromatic heterocycles. The van der Waals surface area contributed by atoms with Gasteiger partial charge in [-0.2, -0.15) is 0 Å². The Hall–Kier alpha value is -1.17. The molecule has 1 aliphatic heterocycles. The van der Waals surface area contributed by atoms with Crippen LogP contribution in [0, 0.1) is 5.41 Å². The van der Waals surface area contributed by atoms with Crippen LogP contribution in [0.1, 0.15) is 33.6 Å². The fraction of sp³-hybridized carbons (Fsp3) is 0.611. The maximum absolute atomic E-state index is 12.2. The van der Waals surface area contributed by atoms with Gasteiger partial charge in [0.2, 0.25) is 5.91 Å². The summed E-state index contributed by atoms with van der Waals surface area (Å²) >= 11 is 0. The Morgan fingerprint density at radius 2 is 1.80 bits per heavy atom. The van der Waals surface area contributed by atoms with E-state index in [1.807, 2.05) is 39.0 Å². The molecule has 0 unspecified atom stereocenters. The molecule has 0 bridgehead atoms. The molecule has 1 amide bonds. The summed E-state index contributed by atoms with van der Waals surface area (Å²) in [6, 6.07) is 7.77. The number of nitrogens with two attached hydrogens (primary N) is 1. The van der Waals surface area contributed by atoms with Crippen LogP contribution < -0.4 is 20.7 Å². The fourth-order valence-corrected chi connectivity index (χ4v) is 2.84. The topological polar surface area (TPSA) is 67.6 Å². The van der Waals surface area contributed by atoms with Crippen LogP contribution in [0.15, 0.2) is 24.3 Å². The van der Waals surface area contributed by atoms with Gasteiger partial charge in [-0.05, 0) is 30.4 Å². The summed E-state index contributed by atoms with van der Waals surface area (Å²) in [6.45, 7) is 7.76. The van der Waals surface area contributed by atoms with E-state index in [0.717, 1.165) is 37.4 Å². The van der Waals surface area contributed by atoms with Crippen LogP contribution in [-0.4, -0.2) is 38.2 Å². The number of rotatable bonds is 4. The van der Waals surface area contributed by atoms with Crippen molar-refractivity contribution in [2.45, 2.75) is 45.7 Å². The Kier molecular flexibility index (Phi) is 9.62. The Labute approximate surface area is 163 Å². The molecule has 1 atom stereocenters. The van der Waals surface area contributed by atoms with Crippen molar-refractivity contribution >= 4 is 36.4 Å². The number of carbonyl (C=O) groups excluding carboxylic acids is 1. The zero-order valence-corrected chi connectivity index (χ0v) is 17.1. The first-order valence-electron chi connectivity index (χ1n) is 8.27. The molecule has 144 valence electrons. The van der Waals surface area contributed by atoms with Crippen LogP contribution in [-0.2, 0) is 4.79 Å². The Bertz CT molecular complexity index is 541. The summed E-state index contributed by atoms with van der Waals surface area (Å²) in [4.78, 5) is 14.6. The summed E-state index contributed by atoms with van der Waals surface area (Å²) < 4.78 is 5.43. The van der Waals surface area contributed by atoms with Gasteiger partial charge in [-0.1, -0.05) is 32.9 Å². The second-order valence-electron chi connectivity index (χ2n) is 7.29. The van der Waals surface area contributed by atoms with Crippen molar-refractivity contribution < 1.29 is 9.53 Å². The van der Waals surface area contributed by atoms with Crippen LogP contribution in [0.3, 0.4) is 0 Å². The number of hydrogen-bond acceptors (Lipinski definition) is 4. The highest BCUT2D eigenvalue weighted by Crippen LogP contribution is 2.30. The van der Waals surface area contributed by atoms with Crippen molar-refractivity contribution in [3.8, 4) is 5.75 Å². The zero-order valence-electron chi connectivity index (χ0n) is 15.5. The number of para-hydroxylation sites is 2. The van der Waals surface area contributed by atoms with Crippen LogP contribution in [0.4, 0.5) is 5.69 Å². The molecule has 0 spiro atoms. The molecular weight excluding hydrogens is 361 g/mol. The number of amides is 1. The number of hydrogen-bond donors (Lipinski definition) is 2. The average molecular weight is 392 g/mol. The van der Waals surface area contributed by atoms with Crippen LogP contribution in [0.5, 0.6) is 5.75 Å². The lowest BCUT2D eigenvalue weighted by Crippen LogP contribution is -2.53. The Balaban J connectivity index is 0.00000288. The van der Waals surface area contributed by atoms with Crippen molar-refractivity contribution in [3.63, 3.8) is 0 Å². The van der Waals surface area contributed by atoms with Gasteiger partial charge in [0, 0.05) is 19.1 Å². The number of anilines is 1. The van der Waals surface area contributed by atoms with Gasteiger partial charge in [0.05, 0.1) is 18.8 Å². The third kappa shape index (κ3) is 6.24. The van der Waals surface area contributed by atoms with E-state index in [1.165, 1.54) is 0 Å². The highest BCUT2D eigenvalue weighted by atomic mass is 35.5. The maximum Gasteiger partial charge on any atom is 0.237 e. The van der Waals surface area contributed by atoms with Crippen molar-refractivity contribution in [2.75, 3.05) is 25.1 Å². The van der Waals surface area contributed by atoms with E-state index < -0.39 is 6.04 Å². The first kappa shape index (κ1) is 23.8. The lowest BCUT2D eigenvalue weighted by Gasteiger charge is -2.36. The predicted molar refractivity (Wildman–Crippen MR) is 108 cm³/mol. The molecule has 0 radical (unpaired) electrons. The molecule has 1 aromatic rings. The fourth-order valence-electron chi connectivity index (χ4n) is 2.84. The highest BCUT2D eigenvalue weighted by molar-refractivity contribution is 5.85. The summed E-state index contributed by atoms with van der Waals surface area (Å²) in [5.74, 6) is 0.845. The van der Waals surface area contributed by atoms with Gasteiger partial charge in [0.1, 0.15) is 5.75 Å². The van der Waals surface area contributed by atoms with E-state index in [9.17, 15) is 4.79 Å². The molecule has 1 aromatic carbocycles. The number of methoxy groups -OCH3 is 1. The van der Waals surface area contributed by atoms with Gasteiger partial charge in [-0.3, -0.25) is 4.79 Å². The Morgan fingerprint density at radius 3 is 2.32 bits per heavy atom. The van der Waals surface area contributed by atoms with Crippen molar-refractivity contribution in [1.82, 2.24) is 5.32 Å². The lowest BCUT2D eigenvalue weighted by atomic mass is 9.86. The summed E-state index contributed by atoms with van der Waals surface area (Å²) in [5.41, 5.74) is 6.93. The van der Waals surface area contributed by atoms with Crippen molar-refractivity contribution in [2.24, 2.45) is 11.1 Å². The maximum atomic E-state index is 12.2. The molecule has 3 N–H and O–H groups in total. The van der Waals surface area contributed by atoms with Crippen LogP contribution in [0.25, 0.3) is 0 Å². The third-order valence-electron chi connectivity index (χ3n) is 4.48.